The van der Waals surface area contributed by atoms with Crippen molar-refractivity contribution in [1.82, 2.24) is 15.0 Å². The first-order chi connectivity index (χ1) is 11.8. The Hall–Kier alpha value is -3.19. The van der Waals surface area contributed by atoms with Crippen LogP contribution < -0.4 is 9.64 Å². The lowest BCUT2D eigenvalue weighted by atomic mass is 9.97. The molecular weight excluding hydrogens is 304 g/mol. The normalized spacial score (nSPS) is 14.7. The molecule has 0 spiro atoms. The van der Waals surface area contributed by atoms with E-state index in [1.807, 2.05) is 0 Å². The molecule has 3 heterocycles. The smallest absolute Gasteiger partial charge is 0.231 e. The molecule has 3 rings (SSSR count). The molecule has 0 atom stereocenters. The zero-order chi connectivity index (χ0) is 16.8. The minimum atomic E-state index is 0.361. The van der Waals surface area contributed by atoms with E-state index in [0.717, 1.165) is 25.9 Å². The highest BCUT2D eigenvalue weighted by Crippen LogP contribution is 2.24. The predicted octanol–water partition coefficient (Wildman–Crippen LogP) is 1.91. The van der Waals surface area contributed by atoms with E-state index in [0.29, 0.717) is 35.5 Å². The molecule has 2 aromatic heterocycles. The molecular formula is C17H16N6O. The van der Waals surface area contributed by atoms with E-state index in [2.05, 4.69) is 32.0 Å². The summed E-state index contributed by atoms with van der Waals surface area (Å²) < 4.78 is 5.72. The van der Waals surface area contributed by atoms with Gasteiger partial charge < -0.3 is 9.64 Å². The minimum absolute atomic E-state index is 0.361. The second-order valence-corrected chi connectivity index (χ2v) is 5.55. The van der Waals surface area contributed by atoms with Crippen LogP contribution in [0.1, 0.15) is 24.1 Å². The molecule has 1 fully saturated rings. The standard InChI is InChI=1S/C17H16N6O/c18-10-14-2-1-5-22-17(14)24-12-13-3-8-23(9-4-13)16-15(11-19)20-6-7-21-16/h1-2,5-7,13H,3-4,8-9,12H2. The molecule has 0 aromatic carbocycles. The summed E-state index contributed by atoms with van der Waals surface area (Å²) in [7, 11) is 0. The van der Waals surface area contributed by atoms with Crippen LogP contribution in [0, 0.1) is 28.6 Å². The number of rotatable bonds is 4. The molecule has 1 saturated heterocycles. The Balaban J connectivity index is 1.56. The molecule has 0 radical (unpaired) electrons. The van der Waals surface area contributed by atoms with E-state index in [4.69, 9.17) is 15.3 Å². The molecule has 0 N–H and O–H groups in total. The molecule has 1 aliphatic heterocycles. The molecule has 0 aliphatic carbocycles. The van der Waals surface area contributed by atoms with Gasteiger partial charge in [-0.1, -0.05) is 0 Å². The van der Waals surface area contributed by atoms with Crippen LogP contribution >= 0.6 is 0 Å². The summed E-state index contributed by atoms with van der Waals surface area (Å²) in [6.07, 6.45) is 6.61. The van der Waals surface area contributed by atoms with Crippen molar-refractivity contribution in [2.24, 2.45) is 5.92 Å². The van der Waals surface area contributed by atoms with Gasteiger partial charge in [-0.3, -0.25) is 0 Å². The molecule has 24 heavy (non-hydrogen) atoms. The number of nitriles is 2. The number of hydrogen-bond donors (Lipinski definition) is 0. The van der Waals surface area contributed by atoms with Gasteiger partial charge in [-0.25, -0.2) is 15.0 Å². The monoisotopic (exact) mass is 320 g/mol. The van der Waals surface area contributed by atoms with E-state index in [1.165, 1.54) is 6.20 Å². The molecule has 0 unspecified atom stereocenters. The van der Waals surface area contributed by atoms with Crippen molar-refractivity contribution >= 4 is 5.82 Å². The van der Waals surface area contributed by atoms with Crippen molar-refractivity contribution in [3.05, 3.63) is 42.0 Å². The lowest BCUT2D eigenvalue weighted by molar-refractivity contribution is 0.215. The topological polar surface area (TPSA) is 98.7 Å². The Morgan fingerprint density at radius 2 is 1.88 bits per heavy atom. The van der Waals surface area contributed by atoms with Gasteiger partial charge in [-0.15, -0.1) is 0 Å². The molecule has 0 amide bonds. The maximum absolute atomic E-state index is 9.13. The Kier molecular flexibility index (Phi) is 4.83. The Morgan fingerprint density at radius 1 is 1.08 bits per heavy atom. The first-order valence-corrected chi connectivity index (χ1v) is 7.75. The zero-order valence-corrected chi connectivity index (χ0v) is 13.1. The van der Waals surface area contributed by atoms with Crippen LogP contribution in [0.5, 0.6) is 5.88 Å². The number of nitrogens with zero attached hydrogens (tertiary/aromatic N) is 6. The van der Waals surface area contributed by atoms with E-state index in [-0.39, 0.29) is 0 Å². The van der Waals surface area contributed by atoms with Crippen molar-refractivity contribution in [2.45, 2.75) is 12.8 Å². The summed E-state index contributed by atoms with van der Waals surface area (Å²) in [6, 6.07) is 7.58. The lowest BCUT2D eigenvalue weighted by Crippen LogP contribution is -2.36. The zero-order valence-electron chi connectivity index (χ0n) is 13.1. The average molecular weight is 320 g/mol. The summed E-state index contributed by atoms with van der Waals surface area (Å²) in [5.74, 6) is 1.43. The van der Waals surface area contributed by atoms with E-state index >= 15 is 0 Å². The maximum Gasteiger partial charge on any atom is 0.231 e. The summed E-state index contributed by atoms with van der Waals surface area (Å²) in [5.41, 5.74) is 0.813. The Labute approximate surface area is 140 Å². The summed E-state index contributed by atoms with van der Waals surface area (Å²) in [6.45, 7) is 2.13. The molecule has 0 saturated carbocycles. The fourth-order valence-corrected chi connectivity index (χ4v) is 2.74. The van der Waals surface area contributed by atoms with Crippen LogP contribution in [0.25, 0.3) is 0 Å². The third-order valence-corrected chi connectivity index (χ3v) is 4.05. The second kappa shape index (κ2) is 7.38. The molecule has 7 nitrogen and oxygen atoms in total. The van der Waals surface area contributed by atoms with Crippen LogP contribution in [0.4, 0.5) is 5.82 Å². The van der Waals surface area contributed by atoms with Crippen molar-refractivity contribution in [3.8, 4) is 18.0 Å². The fraction of sp³-hybridized carbons (Fsp3) is 0.353. The molecule has 120 valence electrons. The minimum Gasteiger partial charge on any atom is -0.476 e. The van der Waals surface area contributed by atoms with Crippen molar-refractivity contribution < 1.29 is 4.74 Å². The third kappa shape index (κ3) is 3.41. The van der Waals surface area contributed by atoms with Gasteiger partial charge in [0, 0.05) is 31.7 Å². The van der Waals surface area contributed by atoms with Crippen molar-refractivity contribution in [2.75, 3.05) is 24.6 Å². The first-order valence-electron chi connectivity index (χ1n) is 7.75. The van der Waals surface area contributed by atoms with Crippen LogP contribution in [-0.4, -0.2) is 34.6 Å². The van der Waals surface area contributed by atoms with Crippen LogP contribution in [0.3, 0.4) is 0 Å². The number of piperidine rings is 1. The summed E-state index contributed by atoms with van der Waals surface area (Å²) >= 11 is 0. The number of ether oxygens (including phenoxy) is 1. The van der Waals surface area contributed by atoms with Crippen LogP contribution in [0.15, 0.2) is 30.7 Å². The lowest BCUT2D eigenvalue weighted by Gasteiger charge is -2.32. The van der Waals surface area contributed by atoms with Crippen LogP contribution in [0.2, 0.25) is 0 Å². The van der Waals surface area contributed by atoms with Gasteiger partial charge in [0.05, 0.1) is 6.61 Å². The van der Waals surface area contributed by atoms with Gasteiger partial charge >= 0.3 is 0 Å². The number of anilines is 1. The van der Waals surface area contributed by atoms with Crippen LogP contribution in [-0.2, 0) is 0 Å². The Bertz CT molecular complexity index is 786. The largest absolute Gasteiger partial charge is 0.476 e. The van der Waals surface area contributed by atoms with Gasteiger partial charge in [-0.05, 0) is 30.9 Å². The molecule has 2 aromatic rings. The fourth-order valence-electron chi connectivity index (χ4n) is 2.74. The summed E-state index contributed by atoms with van der Waals surface area (Å²) in [4.78, 5) is 14.5. The predicted molar refractivity (Wildman–Crippen MR) is 86.1 cm³/mol. The maximum atomic E-state index is 9.13. The van der Waals surface area contributed by atoms with Gasteiger partial charge in [-0.2, -0.15) is 10.5 Å². The van der Waals surface area contributed by atoms with Crippen molar-refractivity contribution in [1.29, 1.82) is 10.5 Å². The van der Waals surface area contributed by atoms with Gasteiger partial charge in [0.2, 0.25) is 5.88 Å². The van der Waals surface area contributed by atoms with Crippen molar-refractivity contribution in [3.63, 3.8) is 0 Å². The second-order valence-electron chi connectivity index (χ2n) is 5.55. The quantitative estimate of drug-likeness (QED) is 0.848. The van der Waals surface area contributed by atoms with Gasteiger partial charge in [0.1, 0.15) is 17.7 Å². The number of hydrogen-bond acceptors (Lipinski definition) is 7. The van der Waals surface area contributed by atoms with E-state index < -0.39 is 0 Å². The third-order valence-electron chi connectivity index (χ3n) is 4.05. The van der Waals surface area contributed by atoms with E-state index in [9.17, 15) is 0 Å². The highest BCUT2D eigenvalue weighted by Gasteiger charge is 2.23. The highest BCUT2D eigenvalue weighted by molar-refractivity contribution is 5.49. The Morgan fingerprint density at radius 3 is 2.62 bits per heavy atom. The number of aromatic nitrogens is 3. The molecule has 1 aliphatic rings. The SMILES string of the molecule is N#Cc1cccnc1OCC1CCN(c2nccnc2C#N)CC1. The number of pyridine rings is 1. The average Bonchev–Trinajstić information content (AvgIpc) is 2.67. The van der Waals surface area contributed by atoms with E-state index in [1.54, 1.807) is 24.5 Å². The van der Waals surface area contributed by atoms with Gasteiger partial charge in [0.15, 0.2) is 11.5 Å². The van der Waals surface area contributed by atoms with Gasteiger partial charge in [0.25, 0.3) is 0 Å². The first kappa shape index (κ1) is 15.7. The molecule has 7 heteroatoms. The highest BCUT2D eigenvalue weighted by atomic mass is 16.5. The molecule has 0 bridgehead atoms. The summed E-state index contributed by atoms with van der Waals surface area (Å²) in [5, 5.41) is 18.2.